The van der Waals surface area contributed by atoms with E-state index in [1.807, 2.05) is 0 Å². The van der Waals surface area contributed by atoms with Crippen LogP contribution in [0.4, 0.5) is 0 Å². The second-order valence-electron chi connectivity index (χ2n) is 2.29. The molecular formula is C8H8O5. The van der Waals surface area contributed by atoms with Crippen LogP contribution in [0.2, 0.25) is 0 Å². The summed E-state index contributed by atoms with van der Waals surface area (Å²) in [6.45, 7) is 0. The molecule has 70 valence electrons. The molecule has 5 nitrogen and oxygen atoms in total. The first-order valence-electron chi connectivity index (χ1n) is 3.43. The zero-order valence-corrected chi connectivity index (χ0v) is 7.16. The summed E-state index contributed by atoms with van der Waals surface area (Å²) in [4.78, 5) is 22.2. The van der Waals surface area contributed by atoms with E-state index in [0.717, 1.165) is 6.08 Å². The van der Waals surface area contributed by atoms with Gasteiger partial charge in [0.2, 0.25) is 17.3 Å². The van der Waals surface area contributed by atoms with Crippen LogP contribution < -0.4 is 0 Å². The van der Waals surface area contributed by atoms with Crippen LogP contribution in [0, 0.1) is 0 Å². The third-order valence-electron chi connectivity index (χ3n) is 1.56. The Morgan fingerprint density at radius 3 is 2.31 bits per heavy atom. The van der Waals surface area contributed by atoms with Gasteiger partial charge in [-0.3, -0.25) is 9.59 Å². The number of hydrogen-bond donors (Lipinski definition) is 1. The van der Waals surface area contributed by atoms with E-state index in [4.69, 9.17) is 5.11 Å². The summed E-state index contributed by atoms with van der Waals surface area (Å²) in [5.41, 5.74) is 0. The van der Waals surface area contributed by atoms with E-state index in [9.17, 15) is 9.59 Å². The fourth-order valence-corrected chi connectivity index (χ4v) is 0.925. The van der Waals surface area contributed by atoms with E-state index in [1.54, 1.807) is 0 Å². The van der Waals surface area contributed by atoms with Crippen molar-refractivity contribution in [2.75, 3.05) is 14.2 Å². The zero-order chi connectivity index (χ0) is 10.0. The lowest BCUT2D eigenvalue weighted by Gasteiger charge is -2.12. The third-order valence-corrected chi connectivity index (χ3v) is 1.56. The lowest BCUT2D eigenvalue weighted by Crippen LogP contribution is -2.21. The van der Waals surface area contributed by atoms with E-state index in [-0.39, 0.29) is 11.5 Å². The standard InChI is InChI=1S/C8H8O5/c1-12-5-3-4(9)6(10)8(13-2)7(5)11/h3,10H,1-2H3. The molecule has 1 aliphatic carbocycles. The van der Waals surface area contributed by atoms with Gasteiger partial charge < -0.3 is 14.6 Å². The number of aliphatic hydroxyl groups excluding tert-OH is 1. The molecule has 1 N–H and O–H groups in total. The maximum Gasteiger partial charge on any atom is 0.266 e. The van der Waals surface area contributed by atoms with Crippen molar-refractivity contribution in [2.24, 2.45) is 0 Å². The Labute approximate surface area is 74.3 Å². The molecule has 13 heavy (non-hydrogen) atoms. The molecule has 0 saturated heterocycles. The monoisotopic (exact) mass is 184 g/mol. The first-order chi connectivity index (χ1) is 6.11. The van der Waals surface area contributed by atoms with Crippen molar-refractivity contribution < 1.29 is 24.2 Å². The van der Waals surface area contributed by atoms with Gasteiger partial charge in [0.05, 0.1) is 14.2 Å². The topological polar surface area (TPSA) is 72.8 Å². The van der Waals surface area contributed by atoms with Gasteiger partial charge in [-0.1, -0.05) is 0 Å². The summed E-state index contributed by atoms with van der Waals surface area (Å²) in [5, 5.41) is 9.11. The lowest BCUT2D eigenvalue weighted by atomic mass is 10.1. The number of rotatable bonds is 2. The lowest BCUT2D eigenvalue weighted by molar-refractivity contribution is -0.122. The molecule has 5 heteroatoms. The molecule has 1 rings (SSSR count). The summed E-state index contributed by atoms with van der Waals surface area (Å²) in [7, 11) is 2.45. The average Bonchev–Trinajstić information content (AvgIpc) is 2.12. The summed E-state index contributed by atoms with van der Waals surface area (Å²) in [6.07, 6.45) is 0.917. The molecule has 0 saturated carbocycles. The Morgan fingerprint density at radius 1 is 1.23 bits per heavy atom. The fraction of sp³-hybridized carbons (Fsp3) is 0.250. The second kappa shape index (κ2) is 3.30. The number of Topliss-reactive ketones (excluding diaryl/α,β-unsaturated/α-hetero) is 1. The molecule has 0 atom stereocenters. The van der Waals surface area contributed by atoms with Crippen LogP contribution in [0.3, 0.4) is 0 Å². The predicted molar refractivity (Wildman–Crippen MR) is 41.8 cm³/mol. The van der Waals surface area contributed by atoms with Crippen molar-refractivity contribution >= 4 is 11.6 Å². The maximum absolute atomic E-state index is 11.3. The molecule has 0 unspecified atom stereocenters. The van der Waals surface area contributed by atoms with E-state index >= 15 is 0 Å². The number of carbonyl (C=O) groups excluding carboxylic acids is 2. The summed E-state index contributed by atoms with van der Waals surface area (Å²) >= 11 is 0. The first kappa shape index (κ1) is 9.31. The van der Waals surface area contributed by atoms with Gasteiger partial charge in [0.1, 0.15) is 0 Å². The van der Waals surface area contributed by atoms with E-state index in [1.165, 1.54) is 14.2 Å². The van der Waals surface area contributed by atoms with Crippen LogP contribution >= 0.6 is 0 Å². The number of ether oxygens (including phenoxy) is 2. The van der Waals surface area contributed by atoms with Gasteiger partial charge in [-0.2, -0.15) is 0 Å². The molecule has 0 aromatic heterocycles. The number of hydrogen-bond acceptors (Lipinski definition) is 5. The highest BCUT2D eigenvalue weighted by molar-refractivity contribution is 6.19. The molecule has 1 aliphatic rings. The van der Waals surface area contributed by atoms with E-state index in [2.05, 4.69) is 9.47 Å². The maximum atomic E-state index is 11.3. The van der Waals surface area contributed by atoms with E-state index in [0.29, 0.717) is 0 Å². The predicted octanol–water partition coefficient (Wildman–Crippen LogP) is 0.0845. The van der Waals surface area contributed by atoms with Crippen molar-refractivity contribution in [1.29, 1.82) is 0 Å². The molecule has 0 aromatic carbocycles. The molecule has 0 aromatic rings. The highest BCUT2D eigenvalue weighted by Crippen LogP contribution is 2.18. The molecular weight excluding hydrogens is 176 g/mol. The van der Waals surface area contributed by atoms with Crippen molar-refractivity contribution in [1.82, 2.24) is 0 Å². The zero-order valence-electron chi connectivity index (χ0n) is 7.16. The highest BCUT2D eigenvalue weighted by atomic mass is 16.5. The highest BCUT2D eigenvalue weighted by Gasteiger charge is 2.30. The Hall–Kier alpha value is -1.78. The summed E-state index contributed by atoms with van der Waals surface area (Å²) < 4.78 is 9.18. The largest absolute Gasteiger partial charge is 0.501 e. The Bertz CT molecular complexity index is 323. The quantitative estimate of drug-likeness (QED) is 0.615. The van der Waals surface area contributed by atoms with Gasteiger partial charge in [0.15, 0.2) is 5.76 Å². The SMILES string of the molecule is COC1=CC(=O)C(O)=C(OC)C1=O. The molecule has 0 radical (unpaired) electrons. The molecule has 0 spiro atoms. The van der Waals surface area contributed by atoms with Crippen molar-refractivity contribution in [3.05, 3.63) is 23.4 Å². The Balaban J connectivity index is 3.14. The second-order valence-corrected chi connectivity index (χ2v) is 2.29. The van der Waals surface area contributed by atoms with Gasteiger partial charge in [-0.15, -0.1) is 0 Å². The summed E-state index contributed by atoms with van der Waals surface area (Å²) in [6, 6.07) is 0. The van der Waals surface area contributed by atoms with Gasteiger partial charge in [0, 0.05) is 6.08 Å². The average molecular weight is 184 g/mol. The number of allylic oxidation sites excluding steroid dienone is 1. The number of carbonyl (C=O) groups is 2. The van der Waals surface area contributed by atoms with Gasteiger partial charge in [0.25, 0.3) is 5.78 Å². The number of aliphatic hydroxyl groups is 1. The van der Waals surface area contributed by atoms with E-state index < -0.39 is 17.3 Å². The van der Waals surface area contributed by atoms with Gasteiger partial charge in [-0.05, 0) is 0 Å². The van der Waals surface area contributed by atoms with Crippen LogP contribution in [0.5, 0.6) is 0 Å². The number of methoxy groups -OCH3 is 2. The van der Waals surface area contributed by atoms with Crippen LogP contribution in [-0.2, 0) is 19.1 Å². The fourth-order valence-electron chi connectivity index (χ4n) is 0.925. The van der Waals surface area contributed by atoms with Gasteiger partial charge >= 0.3 is 0 Å². The van der Waals surface area contributed by atoms with Crippen molar-refractivity contribution in [3.63, 3.8) is 0 Å². The van der Waals surface area contributed by atoms with Gasteiger partial charge in [-0.25, -0.2) is 0 Å². The van der Waals surface area contributed by atoms with Crippen LogP contribution in [-0.4, -0.2) is 30.9 Å². The smallest absolute Gasteiger partial charge is 0.266 e. The van der Waals surface area contributed by atoms with Crippen LogP contribution in [0.15, 0.2) is 23.4 Å². The molecule has 0 amide bonds. The van der Waals surface area contributed by atoms with Crippen molar-refractivity contribution in [2.45, 2.75) is 0 Å². The van der Waals surface area contributed by atoms with Crippen LogP contribution in [0.1, 0.15) is 0 Å². The minimum absolute atomic E-state index is 0.139. The summed E-state index contributed by atoms with van der Waals surface area (Å²) in [5.74, 6) is -2.55. The Kier molecular flexibility index (Phi) is 2.36. The normalized spacial score (nSPS) is 17.2. The first-order valence-corrected chi connectivity index (χ1v) is 3.43. The molecule has 0 fully saturated rings. The van der Waals surface area contributed by atoms with Crippen molar-refractivity contribution in [3.8, 4) is 0 Å². The minimum atomic E-state index is -0.701. The van der Waals surface area contributed by atoms with Crippen LogP contribution in [0.25, 0.3) is 0 Å². The third kappa shape index (κ3) is 1.40. The molecule has 0 bridgehead atoms. The minimum Gasteiger partial charge on any atom is -0.501 e. The molecule has 0 aliphatic heterocycles. The molecule has 0 heterocycles. The Morgan fingerprint density at radius 2 is 1.85 bits per heavy atom. The number of ketones is 2.